The highest BCUT2D eigenvalue weighted by Gasteiger charge is 2.20. The first-order chi connectivity index (χ1) is 7.93. The fourth-order valence-electron chi connectivity index (χ4n) is 2.04. The molecule has 0 fully saturated rings. The summed E-state index contributed by atoms with van der Waals surface area (Å²) < 4.78 is 6.28. The fourth-order valence-corrected chi connectivity index (χ4v) is 2.95. The molecule has 1 heterocycles. The summed E-state index contributed by atoms with van der Waals surface area (Å²) in [6, 6.07) is 6.02. The summed E-state index contributed by atoms with van der Waals surface area (Å²) in [5, 5.41) is 1.17. The van der Waals surface area contributed by atoms with Gasteiger partial charge in [0, 0.05) is 22.1 Å². The maximum absolute atomic E-state index is 5.23. The molecule has 0 N–H and O–H groups in total. The summed E-state index contributed by atoms with van der Waals surface area (Å²) in [5.74, 6) is 0.840. The zero-order valence-electron chi connectivity index (χ0n) is 10.5. The molecule has 1 aromatic heterocycles. The minimum atomic E-state index is 0.0780. The Balaban J connectivity index is 2.78. The minimum Gasteiger partial charge on any atom is -0.497 e. The maximum Gasteiger partial charge on any atom is 0.121 e. The fraction of sp³-hybridized carbons (Fsp3) is 0.357. The van der Waals surface area contributed by atoms with Gasteiger partial charge in [-0.3, -0.25) is 4.98 Å². The van der Waals surface area contributed by atoms with Crippen LogP contribution in [0.3, 0.4) is 0 Å². The largest absolute Gasteiger partial charge is 0.497 e. The molecule has 2 rings (SSSR count). The van der Waals surface area contributed by atoms with Crippen molar-refractivity contribution in [2.75, 3.05) is 7.11 Å². The second-order valence-corrected chi connectivity index (χ2v) is 5.97. The summed E-state index contributed by atoms with van der Waals surface area (Å²) in [4.78, 5) is 4.44. The van der Waals surface area contributed by atoms with Crippen LogP contribution in [0.2, 0.25) is 0 Å². The Bertz CT molecular complexity index is 558. The van der Waals surface area contributed by atoms with Crippen LogP contribution >= 0.6 is 15.9 Å². The lowest BCUT2D eigenvalue weighted by Crippen LogP contribution is -2.13. The molecule has 0 spiro atoms. The zero-order chi connectivity index (χ0) is 12.6. The SMILES string of the molecule is COc1ccc2c(C(C)(C)C)c(Br)cnc2c1. The van der Waals surface area contributed by atoms with Crippen LogP contribution in [0.25, 0.3) is 10.9 Å². The number of hydrogen-bond donors (Lipinski definition) is 0. The number of methoxy groups -OCH3 is 1. The zero-order valence-corrected chi connectivity index (χ0v) is 12.1. The quantitative estimate of drug-likeness (QED) is 0.782. The molecule has 0 atom stereocenters. The van der Waals surface area contributed by atoms with Crippen LogP contribution in [0.5, 0.6) is 5.75 Å². The van der Waals surface area contributed by atoms with E-state index in [4.69, 9.17) is 4.74 Å². The van der Waals surface area contributed by atoms with Gasteiger partial charge >= 0.3 is 0 Å². The molecular formula is C14H16BrNO. The van der Waals surface area contributed by atoms with Crippen molar-refractivity contribution in [2.45, 2.75) is 26.2 Å². The summed E-state index contributed by atoms with van der Waals surface area (Å²) in [5.41, 5.74) is 2.33. The van der Waals surface area contributed by atoms with E-state index in [9.17, 15) is 0 Å². The summed E-state index contributed by atoms with van der Waals surface area (Å²) in [7, 11) is 1.67. The molecule has 90 valence electrons. The van der Waals surface area contributed by atoms with E-state index in [1.807, 2.05) is 18.3 Å². The molecule has 0 amide bonds. The van der Waals surface area contributed by atoms with Gasteiger partial charge in [0.05, 0.1) is 12.6 Å². The van der Waals surface area contributed by atoms with E-state index >= 15 is 0 Å². The highest BCUT2D eigenvalue weighted by atomic mass is 79.9. The number of halogens is 1. The van der Waals surface area contributed by atoms with E-state index in [0.717, 1.165) is 15.7 Å². The van der Waals surface area contributed by atoms with Crippen molar-refractivity contribution in [1.82, 2.24) is 4.98 Å². The van der Waals surface area contributed by atoms with Crippen LogP contribution in [0.4, 0.5) is 0 Å². The molecule has 0 aliphatic carbocycles. The van der Waals surface area contributed by atoms with Gasteiger partial charge in [0.1, 0.15) is 5.75 Å². The molecule has 0 bridgehead atoms. The van der Waals surface area contributed by atoms with Crippen molar-refractivity contribution in [3.8, 4) is 5.75 Å². The Labute approximate surface area is 110 Å². The number of nitrogens with zero attached hydrogens (tertiary/aromatic N) is 1. The average molecular weight is 294 g/mol. The Morgan fingerprint density at radius 3 is 2.53 bits per heavy atom. The molecule has 1 aromatic carbocycles. The first-order valence-electron chi connectivity index (χ1n) is 5.56. The van der Waals surface area contributed by atoms with Gasteiger partial charge in [-0.05, 0) is 39.0 Å². The third-order valence-corrected chi connectivity index (χ3v) is 3.38. The monoisotopic (exact) mass is 293 g/mol. The number of fused-ring (bicyclic) bond motifs is 1. The van der Waals surface area contributed by atoms with Gasteiger partial charge in [0.2, 0.25) is 0 Å². The van der Waals surface area contributed by atoms with E-state index in [1.165, 1.54) is 10.9 Å². The summed E-state index contributed by atoms with van der Waals surface area (Å²) in [6.45, 7) is 6.62. The number of ether oxygens (including phenoxy) is 1. The lowest BCUT2D eigenvalue weighted by molar-refractivity contribution is 0.415. The molecule has 0 radical (unpaired) electrons. The van der Waals surface area contributed by atoms with Crippen molar-refractivity contribution in [2.24, 2.45) is 0 Å². The molecular weight excluding hydrogens is 278 g/mol. The van der Waals surface area contributed by atoms with Crippen LogP contribution in [-0.4, -0.2) is 12.1 Å². The molecule has 3 heteroatoms. The summed E-state index contributed by atoms with van der Waals surface area (Å²) >= 11 is 3.60. The van der Waals surface area contributed by atoms with Crippen LogP contribution in [0.15, 0.2) is 28.9 Å². The van der Waals surface area contributed by atoms with Gasteiger partial charge in [-0.15, -0.1) is 0 Å². The van der Waals surface area contributed by atoms with Crippen molar-refractivity contribution in [1.29, 1.82) is 0 Å². The predicted molar refractivity (Wildman–Crippen MR) is 74.7 cm³/mol. The van der Waals surface area contributed by atoms with Gasteiger partial charge in [-0.2, -0.15) is 0 Å². The highest BCUT2D eigenvalue weighted by molar-refractivity contribution is 9.10. The average Bonchev–Trinajstić information content (AvgIpc) is 2.26. The smallest absolute Gasteiger partial charge is 0.121 e. The lowest BCUT2D eigenvalue weighted by atomic mass is 9.85. The second-order valence-electron chi connectivity index (χ2n) is 5.11. The third-order valence-electron chi connectivity index (χ3n) is 2.78. The normalized spacial score (nSPS) is 11.8. The van der Waals surface area contributed by atoms with Crippen LogP contribution in [-0.2, 0) is 5.41 Å². The van der Waals surface area contributed by atoms with E-state index in [-0.39, 0.29) is 5.41 Å². The van der Waals surface area contributed by atoms with E-state index in [1.54, 1.807) is 7.11 Å². The van der Waals surface area contributed by atoms with Gasteiger partial charge < -0.3 is 4.74 Å². The predicted octanol–water partition coefficient (Wildman–Crippen LogP) is 4.30. The Morgan fingerprint density at radius 1 is 1.24 bits per heavy atom. The van der Waals surface area contributed by atoms with Gasteiger partial charge in [0.25, 0.3) is 0 Å². The first kappa shape index (κ1) is 12.4. The van der Waals surface area contributed by atoms with Crippen LogP contribution < -0.4 is 4.74 Å². The van der Waals surface area contributed by atoms with Crippen LogP contribution in [0.1, 0.15) is 26.3 Å². The van der Waals surface area contributed by atoms with Crippen molar-refractivity contribution < 1.29 is 4.74 Å². The molecule has 2 aromatic rings. The van der Waals surface area contributed by atoms with Gasteiger partial charge in [-0.1, -0.05) is 20.8 Å². The number of benzene rings is 1. The Morgan fingerprint density at radius 2 is 1.94 bits per heavy atom. The lowest BCUT2D eigenvalue weighted by Gasteiger charge is -2.22. The number of hydrogen-bond acceptors (Lipinski definition) is 2. The summed E-state index contributed by atoms with van der Waals surface area (Å²) in [6.07, 6.45) is 1.86. The molecule has 0 aliphatic heterocycles. The topological polar surface area (TPSA) is 22.1 Å². The molecule has 0 saturated heterocycles. The minimum absolute atomic E-state index is 0.0780. The Hall–Kier alpha value is -1.09. The number of pyridine rings is 1. The van der Waals surface area contributed by atoms with Gasteiger partial charge in [0.15, 0.2) is 0 Å². The van der Waals surface area contributed by atoms with Crippen molar-refractivity contribution >= 4 is 26.8 Å². The highest BCUT2D eigenvalue weighted by Crippen LogP contribution is 2.35. The number of rotatable bonds is 1. The first-order valence-corrected chi connectivity index (χ1v) is 6.35. The van der Waals surface area contributed by atoms with Crippen molar-refractivity contribution in [3.63, 3.8) is 0 Å². The number of aromatic nitrogens is 1. The van der Waals surface area contributed by atoms with Crippen molar-refractivity contribution in [3.05, 3.63) is 34.4 Å². The molecule has 0 unspecified atom stereocenters. The molecule has 2 nitrogen and oxygen atoms in total. The molecule has 0 aliphatic rings. The molecule has 0 saturated carbocycles. The Kier molecular flexibility index (Phi) is 3.13. The van der Waals surface area contributed by atoms with Gasteiger partial charge in [-0.25, -0.2) is 0 Å². The van der Waals surface area contributed by atoms with Crippen LogP contribution in [0, 0.1) is 0 Å². The molecule has 17 heavy (non-hydrogen) atoms. The maximum atomic E-state index is 5.23. The van der Waals surface area contributed by atoms with E-state index in [2.05, 4.69) is 47.8 Å². The third kappa shape index (κ3) is 2.29. The standard InChI is InChI=1S/C14H16BrNO/c1-14(2,3)13-10-6-5-9(17-4)7-12(10)16-8-11(13)15/h5-8H,1-4H3. The second kappa shape index (κ2) is 4.30. The van der Waals surface area contributed by atoms with E-state index in [0.29, 0.717) is 0 Å². The van der Waals surface area contributed by atoms with E-state index < -0.39 is 0 Å².